The molecule has 0 aromatic rings. The minimum Gasteiger partial charge on any atom is -0.753 e. The molecule has 0 aromatic heterocycles. The molecule has 1 fully saturated rings. The smallest absolute Gasteiger partial charge is 0.108 e. The molecule has 0 bridgehead atoms. The van der Waals surface area contributed by atoms with Gasteiger partial charge in [-0.3, -0.25) is 0 Å². The molecule has 0 aliphatic carbocycles. The number of hydrogen-bond acceptors (Lipinski definition) is 1. The lowest BCUT2D eigenvalue weighted by Crippen LogP contribution is -2.08. The Bertz CT molecular complexity index is 171. The van der Waals surface area contributed by atoms with E-state index in [4.69, 9.17) is 5.41 Å². The maximum absolute atomic E-state index is 7.13. The number of rotatable bonds is 7. The second-order valence-electron chi connectivity index (χ2n) is 4.29. The molecule has 94 valence electrons. The van der Waals surface area contributed by atoms with Gasteiger partial charge in [-0.2, -0.15) is 5.16 Å². The average Bonchev–Trinajstić information content (AvgIpc) is 2.77. The summed E-state index contributed by atoms with van der Waals surface area (Å²) in [5.41, 5.74) is 0. The van der Waals surface area contributed by atoms with E-state index in [9.17, 15) is 0 Å². The molecule has 0 aromatic carbocycles. The number of thiocarbonyl (C=S) groups is 1. The van der Waals surface area contributed by atoms with Gasteiger partial charge in [-0.15, -0.1) is 0 Å². The van der Waals surface area contributed by atoms with Crippen molar-refractivity contribution in [1.82, 2.24) is 0 Å². The van der Waals surface area contributed by atoms with Gasteiger partial charge in [0, 0.05) is 0 Å². The highest BCUT2D eigenvalue weighted by atomic mass is 32.2. The van der Waals surface area contributed by atoms with E-state index in [0.29, 0.717) is 0 Å². The van der Waals surface area contributed by atoms with Crippen LogP contribution in [0.1, 0.15) is 58.3 Å². The van der Waals surface area contributed by atoms with Crippen molar-refractivity contribution < 1.29 is 0 Å². The Morgan fingerprint density at radius 3 is 2.12 bits per heavy atom. The number of isothiocyanates is 1. The van der Waals surface area contributed by atoms with Gasteiger partial charge in [0.2, 0.25) is 0 Å². The highest BCUT2D eigenvalue weighted by Crippen LogP contribution is 2.16. The van der Waals surface area contributed by atoms with Crippen molar-refractivity contribution in [2.75, 3.05) is 17.3 Å². The van der Waals surface area contributed by atoms with Crippen molar-refractivity contribution in [2.24, 2.45) is 0 Å². The number of unbranched alkanes of at least 4 members (excludes halogenated alkanes) is 5. The Labute approximate surface area is 109 Å². The largest absolute Gasteiger partial charge is 0.753 e. The van der Waals surface area contributed by atoms with Crippen molar-refractivity contribution in [3.63, 3.8) is 0 Å². The molecule has 1 heterocycles. The standard InChI is InChI=1S/C12H25S.CNS/c1-2-3-4-5-6-7-10-13-11-8-9-12-13;2-1-3/h2-12H2,1H3;/q+1;-1. The summed E-state index contributed by atoms with van der Waals surface area (Å²) in [6.07, 6.45) is 11.9. The summed E-state index contributed by atoms with van der Waals surface area (Å²) >= 11 is 3.70. The number of hydrogen-bond donors (Lipinski definition) is 0. The van der Waals surface area contributed by atoms with Gasteiger partial charge in [0.25, 0.3) is 0 Å². The minimum absolute atomic E-state index is 0.865. The van der Waals surface area contributed by atoms with E-state index in [1.807, 2.05) is 0 Å². The quantitative estimate of drug-likeness (QED) is 0.287. The lowest BCUT2D eigenvalue weighted by Gasteiger charge is -2.01. The number of nitrogens with zero attached hydrogens (tertiary/aromatic N) is 1. The molecule has 0 saturated carbocycles. The van der Waals surface area contributed by atoms with E-state index in [2.05, 4.69) is 19.1 Å². The Hall–Kier alpha value is 0.150. The van der Waals surface area contributed by atoms with E-state index >= 15 is 0 Å². The van der Waals surface area contributed by atoms with Crippen LogP contribution in [0.3, 0.4) is 0 Å². The van der Waals surface area contributed by atoms with Crippen molar-refractivity contribution in [3.05, 3.63) is 5.41 Å². The highest BCUT2D eigenvalue weighted by Gasteiger charge is 2.22. The molecular formula is C13H25NS2. The average molecular weight is 259 g/mol. The fourth-order valence-corrected chi connectivity index (χ4v) is 4.45. The summed E-state index contributed by atoms with van der Waals surface area (Å²) in [4.78, 5) is 0. The van der Waals surface area contributed by atoms with Crippen LogP contribution in [0.15, 0.2) is 0 Å². The van der Waals surface area contributed by atoms with Crippen molar-refractivity contribution in [3.8, 4) is 0 Å². The van der Waals surface area contributed by atoms with Crippen LogP contribution < -0.4 is 0 Å². The van der Waals surface area contributed by atoms with Crippen LogP contribution in [-0.2, 0) is 10.9 Å². The first kappa shape index (κ1) is 16.1. The maximum Gasteiger partial charge on any atom is 0.108 e. The van der Waals surface area contributed by atoms with Gasteiger partial charge in [0.05, 0.1) is 0 Å². The molecule has 1 saturated heterocycles. The van der Waals surface area contributed by atoms with Gasteiger partial charge in [-0.1, -0.05) is 44.8 Å². The predicted molar refractivity (Wildman–Crippen MR) is 80.5 cm³/mol. The SMILES string of the molecule is CCCCCCCC[S+]1CCCC1.[N-]=C=S. The van der Waals surface area contributed by atoms with Crippen LogP contribution in [-0.4, -0.2) is 22.4 Å². The van der Waals surface area contributed by atoms with Crippen LogP contribution >= 0.6 is 12.2 Å². The summed E-state index contributed by atoms with van der Waals surface area (Å²) in [7, 11) is 0.865. The molecule has 0 N–H and O–H groups in total. The van der Waals surface area contributed by atoms with E-state index in [1.54, 1.807) is 17.3 Å². The molecule has 0 radical (unpaired) electrons. The van der Waals surface area contributed by atoms with Gasteiger partial charge < -0.3 is 5.41 Å². The Morgan fingerprint density at radius 2 is 1.56 bits per heavy atom. The van der Waals surface area contributed by atoms with Gasteiger partial charge >= 0.3 is 0 Å². The van der Waals surface area contributed by atoms with Crippen molar-refractivity contribution in [2.45, 2.75) is 58.3 Å². The first-order chi connectivity index (χ1) is 7.85. The first-order valence-electron chi connectivity index (χ1n) is 6.50. The summed E-state index contributed by atoms with van der Waals surface area (Å²) in [6, 6.07) is 0. The topological polar surface area (TPSA) is 22.3 Å². The van der Waals surface area contributed by atoms with Gasteiger partial charge in [0.15, 0.2) is 0 Å². The summed E-state index contributed by atoms with van der Waals surface area (Å²) in [6.45, 7) is 2.29. The predicted octanol–water partition coefficient (Wildman–Crippen LogP) is 4.42. The van der Waals surface area contributed by atoms with E-state index < -0.39 is 0 Å². The second-order valence-corrected chi connectivity index (χ2v) is 6.92. The van der Waals surface area contributed by atoms with Crippen LogP contribution in [0.5, 0.6) is 0 Å². The zero-order chi connectivity index (χ0) is 12.1. The minimum atomic E-state index is 0.865. The molecule has 1 nitrogen and oxygen atoms in total. The molecule has 16 heavy (non-hydrogen) atoms. The van der Waals surface area contributed by atoms with Crippen LogP contribution in [0, 0.1) is 0 Å². The zero-order valence-electron chi connectivity index (χ0n) is 10.5. The van der Waals surface area contributed by atoms with Crippen molar-refractivity contribution in [1.29, 1.82) is 0 Å². The molecule has 0 amide bonds. The maximum atomic E-state index is 7.13. The summed E-state index contributed by atoms with van der Waals surface area (Å²) in [5, 5.41) is 8.47. The second kappa shape index (κ2) is 13.2. The Kier molecular flexibility index (Phi) is 13.3. The van der Waals surface area contributed by atoms with Crippen LogP contribution in [0.4, 0.5) is 0 Å². The van der Waals surface area contributed by atoms with Gasteiger partial charge in [0.1, 0.15) is 17.3 Å². The molecule has 1 aliphatic heterocycles. The van der Waals surface area contributed by atoms with E-state index in [0.717, 1.165) is 10.9 Å². The fourth-order valence-electron chi connectivity index (χ4n) is 2.01. The summed E-state index contributed by atoms with van der Waals surface area (Å²) < 4.78 is 0. The normalized spacial score (nSPS) is 15.3. The third kappa shape index (κ3) is 10.7. The molecular weight excluding hydrogens is 234 g/mol. The van der Waals surface area contributed by atoms with Gasteiger partial charge in [-0.05, 0) is 36.6 Å². The van der Waals surface area contributed by atoms with Crippen molar-refractivity contribution >= 4 is 28.3 Å². The van der Waals surface area contributed by atoms with Crippen LogP contribution in [0.2, 0.25) is 0 Å². The Morgan fingerprint density at radius 1 is 1.06 bits per heavy atom. The van der Waals surface area contributed by atoms with Crippen LogP contribution in [0.25, 0.3) is 5.41 Å². The third-order valence-corrected chi connectivity index (χ3v) is 5.50. The molecule has 0 unspecified atom stereocenters. The fraction of sp³-hybridized carbons (Fsp3) is 0.923. The molecule has 1 aliphatic rings. The first-order valence-corrected chi connectivity index (χ1v) is 8.64. The Balaban J connectivity index is 0.000000673. The lowest BCUT2D eigenvalue weighted by molar-refractivity contribution is 0.626. The molecule has 1 rings (SSSR count). The third-order valence-electron chi connectivity index (χ3n) is 2.90. The molecule has 0 atom stereocenters. The van der Waals surface area contributed by atoms with E-state index in [1.165, 1.54) is 56.5 Å². The van der Waals surface area contributed by atoms with E-state index in [-0.39, 0.29) is 0 Å². The van der Waals surface area contributed by atoms with Gasteiger partial charge in [-0.25, -0.2) is 0 Å². The zero-order valence-corrected chi connectivity index (χ0v) is 12.2. The lowest BCUT2D eigenvalue weighted by atomic mass is 10.1. The monoisotopic (exact) mass is 259 g/mol. The highest BCUT2D eigenvalue weighted by molar-refractivity contribution is 7.97. The summed E-state index contributed by atoms with van der Waals surface area (Å²) in [5.74, 6) is 4.69. The molecule has 0 spiro atoms. The molecule has 3 heteroatoms.